The first-order valence-electron chi connectivity index (χ1n) is 7.88. The molecule has 1 aliphatic carbocycles. The van der Waals surface area contributed by atoms with Crippen LogP contribution < -0.4 is 16.4 Å². The van der Waals surface area contributed by atoms with Gasteiger partial charge in [0, 0.05) is 29.2 Å². The van der Waals surface area contributed by atoms with Gasteiger partial charge in [0.05, 0.1) is 0 Å². The van der Waals surface area contributed by atoms with Crippen LogP contribution in [0.2, 0.25) is 0 Å². The molecule has 22 heavy (non-hydrogen) atoms. The Morgan fingerprint density at radius 1 is 1.32 bits per heavy atom. The van der Waals surface area contributed by atoms with Gasteiger partial charge in [-0.05, 0) is 57.9 Å². The fourth-order valence-corrected chi connectivity index (χ4v) is 3.40. The molecule has 0 aromatic carbocycles. The molecule has 6 heteroatoms. The molecule has 1 aliphatic rings. The highest BCUT2D eigenvalue weighted by Gasteiger charge is 2.24. The number of nitrogens with one attached hydrogen (secondary N) is 2. The Hall–Kier alpha value is -1.27. The van der Waals surface area contributed by atoms with Gasteiger partial charge >= 0.3 is 6.09 Å². The van der Waals surface area contributed by atoms with Gasteiger partial charge in [0.15, 0.2) is 0 Å². The van der Waals surface area contributed by atoms with Crippen molar-refractivity contribution in [1.29, 1.82) is 0 Å². The lowest BCUT2D eigenvalue weighted by molar-refractivity contribution is 0.0490. The fraction of sp³-hybridized carbons (Fsp3) is 0.688. The minimum Gasteiger partial charge on any atom is -0.444 e. The van der Waals surface area contributed by atoms with Crippen LogP contribution in [0.5, 0.6) is 0 Å². The number of amides is 1. The van der Waals surface area contributed by atoms with E-state index in [4.69, 9.17) is 10.5 Å². The van der Waals surface area contributed by atoms with Crippen molar-refractivity contribution in [3.8, 4) is 0 Å². The normalized spacial score (nSPS) is 22.3. The monoisotopic (exact) mass is 325 g/mol. The molecule has 2 rings (SSSR count). The summed E-state index contributed by atoms with van der Waals surface area (Å²) in [6.07, 6.45) is 3.78. The second-order valence-corrected chi connectivity index (χ2v) is 7.88. The van der Waals surface area contributed by atoms with E-state index in [2.05, 4.69) is 10.6 Å². The molecule has 1 fully saturated rings. The molecule has 0 bridgehead atoms. The summed E-state index contributed by atoms with van der Waals surface area (Å²) in [6, 6.07) is 2.67. The van der Waals surface area contributed by atoms with E-state index in [-0.39, 0.29) is 12.1 Å². The first-order valence-corrected chi connectivity index (χ1v) is 8.76. The average Bonchev–Trinajstić information content (AvgIpc) is 2.81. The van der Waals surface area contributed by atoms with Crippen molar-refractivity contribution < 1.29 is 9.53 Å². The van der Waals surface area contributed by atoms with Crippen LogP contribution in [0.15, 0.2) is 11.4 Å². The van der Waals surface area contributed by atoms with Gasteiger partial charge in [-0.2, -0.15) is 0 Å². The molecule has 0 saturated heterocycles. The van der Waals surface area contributed by atoms with Crippen LogP contribution >= 0.6 is 11.3 Å². The van der Waals surface area contributed by atoms with Gasteiger partial charge in [-0.25, -0.2) is 4.79 Å². The number of thiophene rings is 1. The summed E-state index contributed by atoms with van der Waals surface area (Å²) in [7, 11) is 0. The average molecular weight is 325 g/mol. The smallest absolute Gasteiger partial charge is 0.407 e. The highest BCUT2D eigenvalue weighted by atomic mass is 32.1. The van der Waals surface area contributed by atoms with Crippen LogP contribution in [0.3, 0.4) is 0 Å². The molecule has 5 nitrogen and oxygen atoms in total. The Morgan fingerprint density at radius 3 is 2.50 bits per heavy atom. The molecular weight excluding hydrogens is 298 g/mol. The van der Waals surface area contributed by atoms with Gasteiger partial charge in [-0.3, -0.25) is 0 Å². The van der Waals surface area contributed by atoms with Gasteiger partial charge < -0.3 is 21.1 Å². The van der Waals surface area contributed by atoms with Crippen molar-refractivity contribution in [2.24, 2.45) is 0 Å². The molecule has 0 atom stereocenters. The number of nitrogen functional groups attached to an aromatic ring is 1. The fourth-order valence-electron chi connectivity index (χ4n) is 2.65. The summed E-state index contributed by atoms with van der Waals surface area (Å²) >= 11 is 1.69. The van der Waals surface area contributed by atoms with E-state index in [1.165, 1.54) is 4.88 Å². The summed E-state index contributed by atoms with van der Waals surface area (Å²) in [5.74, 6) is 0. The third-order valence-corrected chi connectivity index (χ3v) is 4.72. The van der Waals surface area contributed by atoms with E-state index < -0.39 is 5.60 Å². The lowest BCUT2D eigenvalue weighted by Gasteiger charge is -2.30. The SMILES string of the molecule is CC(C)(C)OC(=O)NC1CCC(NCc2sccc2N)CC1. The van der Waals surface area contributed by atoms with Crippen LogP contribution in [-0.2, 0) is 11.3 Å². The quantitative estimate of drug-likeness (QED) is 0.794. The molecule has 0 unspecified atom stereocenters. The Balaban J connectivity index is 1.67. The van der Waals surface area contributed by atoms with Crippen LogP contribution in [-0.4, -0.2) is 23.8 Å². The zero-order valence-corrected chi connectivity index (χ0v) is 14.5. The van der Waals surface area contributed by atoms with E-state index in [9.17, 15) is 4.79 Å². The number of ether oxygens (including phenoxy) is 1. The molecule has 0 spiro atoms. The zero-order chi connectivity index (χ0) is 16.2. The second kappa shape index (κ2) is 7.33. The third kappa shape index (κ3) is 5.50. The highest BCUT2D eigenvalue weighted by molar-refractivity contribution is 7.10. The van der Waals surface area contributed by atoms with Crippen molar-refractivity contribution in [3.05, 3.63) is 16.3 Å². The number of carbonyl (C=O) groups excluding carboxylic acids is 1. The van der Waals surface area contributed by atoms with Crippen molar-refractivity contribution in [3.63, 3.8) is 0 Å². The predicted molar refractivity (Wildman–Crippen MR) is 91.0 cm³/mol. The summed E-state index contributed by atoms with van der Waals surface area (Å²) in [5, 5.41) is 8.55. The largest absolute Gasteiger partial charge is 0.444 e. The molecule has 1 aromatic heterocycles. The number of hydrogen-bond donors (Lipinski definition) is 3. The third-order valence-electron chi connectivity index (χ3n) is 3.78. The van der Waals surface area contributed by atoms with Crippen LogP contribution in [0.25, 0.3) is 0 Å². The summed E-state index contributed by atoms with van der Waals surface area (Å²) in [4.78, 5) is 13.0. The van der Waals surface area contributed by atoms with Gasteiger partial charge in [-0.1, -0.05) is 0 Å². The van der Waals surface area contributed by atoms with Gasteiger partial charge in [0.2, 0.25) is 0 Å². The molecule has 1 saturated carbocycles. The Labute approximate surface area is 136 Å². The summed E-state index contributed by atoms with van der Waals surface area (Å²) < 4.78 is 5.30. The number of carbonyl (C=O) groups is 1. The molecule has 124 valence electrons. The molecule has 4 N–H and O–H groups in total. The number of anilines is 1. The minimum atomic E-state index is -0.441. The summed E-state index contributed by atoms with van der Waals surface area (Å²) in [5.41, 5.74) is 6.32. The van der Waals surface area contributed by atoms with Gasteiger partial charge in [0.25, 0.3) is 0 Å². The maximum atomic E-state index is 11.8. The first-order chi connectivity index (χ1) is 10.3. The van der Waals surface area contributed by atoms with E-state index in [0.29, 0.717) is 6.04 Å². The number of rotatable bonds is 4. The Bertz CT molecular complexity index is 488. The van der Waals surface area contributed by atoms with E-state index in [1.54, 1.807) is 11.3 Å². The topological polar surface area (TPSA) is 76.4 Å². The van der Waals surface area contributed by atoms with Crippen LogP contribution in [0, 0.1) is 0 Å². The zero-order valence-electron chi connectivity index (χ0n) is 13.6. The van der Waals surface area contributed by atoms with Gasteiger partial charge in [-0.15, -0.1) is 11.3 Å². The van der Waals surface area contributed by atoms with Gasteiger partial charge in [0.1, 0.15) is 5.60 Å². The number of nitrogens with two attached hydrogens (primary N) is 1. The van der Waals surface area contributed by atoms with E-state index in [1.807, 2.05) is 32.2 Å². The van der Waals surface area contributed by atoms with Crippen LogP contribution in [0.4, 0.5) is 10.5 Å². The molecule has 1 heterocycles. The molecule has 0 aliphatic heterocycles. The molecule has 1 amide bonds. The summed E-state index contributed by atoms with van der Waals surface area (Å²) in [6.45, 7) is 6.47. The van der Waals surface area contributed by atoms with Crippen molar-refractivity contribution in [2.75, 3.05) is 5.73 Å². The maximum absolute atomic E-state index is 11.8. The predicted octanol–water partition coefficient (Wildman–Crippen LogP) is 3.26. The molecular formula is C16H27N3O2S. The lowest BCUT2D eigenvalue weighted by atomic mass is 9.91. The molecule has 1 aromatic rings. The molecule has 0 radical (unpaired) electrons. The highest BCUT2D eigenvalue weighted by Crippen LogP contribution is 2.22. The standard InChI is InChI=1S/C16H27N3O2S/c1-16(2,3)21-15(20)19-12-6-4-11(5-7-12)18-10-14-13(17)8-9-22-14/h8-9,11-12,18H,4-7,10,17H2,1-3H3,(H,19,20). The first kappa shape index (κ1) is 17.1. The minimum absolute atomic E-state index is 0.222. The van der Waals surface area contributed by atoms with Crippen molar-refractivity contribution >= 4 is 23.1 Å². The van der Waals surface area contributed by atoms with Crippen LogP contribution in [0.1, 0.15) is 51.3 Å². The number of alkyl carbamates (subject to hydrolysis) is 1. The Morgan fingerprint density at radius 2 is 1.95 bits per heavy atom. The maximum Gasteiger partial charge on any atom is 0.407 e. The lowest BCUT2D eigenvalue weighted by Crippen LogP contribution is -2.43. The van der Waals surface area contributed by atoms with E-state index >= 15 is 0 Å². The van der Waals surface area contributed by atoms with Crippen molar-refractivity contribution in [1.82, 2.24) is 10.6 Å². The second-order valence-electron chi connectivity index (χ2n) is 6.87. The Kier molecular flexibility index (Phi) is 5.69. The number of hydrogen-bond acceptors (Lipinski definition) is 5. The van der Waals surface area contributed by atoms with Crippen molar-refractivity contribution in [2.45, 2.75) is 70.7 Å². The van der Waals surface area contributed by atoms with E-state index in [0.717, 1.165) is 37.9 Å².